The fraction of sp³-hybridized carbons (Fsp3) is 0.889. The van der Waals surface area contributed by atoms with Gasteiger partial charge in [0.2, 0.25) is 0 Å². The van der Waals surface area contributed by atoms with Crippen LogP contribution in [0.15, 0.2) is 0 Å². The van der Waals surface area contributed by atoms with Gasteiger partial charge in [-0.05, 0) is 18.8 Å². The van der Waals surface area contributed by atoms with Gasteiger partial charge in [-0.1, -0.05) is 13.8 Å². The third-order valence-corrected chi connectivity index (χ3v) is 2.64. The second-order valence-corrected chi connectivity index (χ2v) is 3.83. The molecule has 1 aliphatic carbocycles. The van der Waals surface area contributed by atoms with Crippen LogP contribution in [0.3, 0.4) is 0 Å². The van der Waals surface area contributed by atoms with Crippen molar-refractivity contribution in [3.63, 3.8) is 0 Å². The smallest absolute Gasteiger partial charge is 0.135 e. The van der Waals surface area contributed by atoms with E-state index in [9.17, 15) is 9.90 Å². The Hall–Kier alpha value is -0.370. The molecule has 0 radical (unpaired) electrons. The number of aliphatic hydroxyl groups is 1. The van der Waals surface area contributed by atoms with E-state index in [0.717, 1.165) is 12.8 Å². The van der Waals surface area contributed by atoms with Gasteiger partial charge in [-0.25, -0.2) is 0 Å². The Morgan fingerprint density at radius 2 is 2.18 bits per heavy atom. The van der Waals surface area contributed by atoms with Crippen LogP contribution < -0.4 is 0 Å². The van der Waals surface area contributed by atoms with Crippen molar-refractivity contribution < 1.29 is 9.90 Å². The highest BCUT2D eigenvalue weighted by Crippen LogP contribution is 2.32. The summed E-state index contributed by atoms with van der Waals surface area (Å²) in [6.45, 7) is 3.94. The molecule has 1 rings (SSSR count). The Balaban J connectivity index is 2.62. The van der Waals surface area contributed by atoms with Crippen LogP contribution in [0.4, 0.5) is 0 Å². The number of carbonyl (C=O) groups excluding carboxylic acids is 1. The normalized spacial score (nSPS) is 32.9. The predicted molar refractivity (Wildman–Crippen MR) is 43.3 cm³/mol. The molecule has 0 bridgehead atoms. The fourth-order valence-corrected chi connectivity index (χ4v) is 1.60. The highest BCUT2D eigenvalue weighted by Gasteiger charge is 2.35. The minimum atomic E-state index is -0.699. The third kappa shape index (κ3) is 1.80. The van der Waals surface area contributed by atoms with Gasteiger partial charge in [0.15, 0.2) is 0 Å². The van der Waals surface area contributed by atoms with E-state index in [2.05, 4.69) is 0 Å². The van der Waals surface area contributed by atoms with Gasteiger partial charge in [0, 0.05) is 12.8 Å². The van der Waals surface area contributed by atoms with Crippen molar-refractivity contribution in [3.05, 3.63) is 0 Å². The first-order valence-corrected chi connectivity index (χ1v) is 4.29. The maximum absolute atomic E-state index is 11.0. The second kappa shape index (κ2) is 2.94. The highest BCUT2D eigenvalue weighted by molar-refractivity contribution is 5.80. The lowest BCUT2D eigenvalue weighted by molar-refractivity contribution is -0.130. The molecule has 1 saturated carbocycles. The zero-order valence-corrected chi connectivity index (χ0v) is 7.26. The first-order valence-electron chi connectivity index (χ1n) is 4.29. The molecule has 0 saturated heterocycles. The molecule has 0 amide bonds. The zero-order chi connectivity index (χ0) is 8.48. The molecular formula is C9H16O2. The van der Waals surface area contributed by atoms with E-state index in [4.69, 9.17) is 0 Å². The van der Waals surface area contributed by atoms with E-state index in [1.165, 1.54) is 0 Å². The summed E-state index contributed by atoms with van der Waals surface area (Å²) in [7, 11) is 0. The number of hydrogen-bond donors (Lipinski definition) is 1. The van der Waals surface area contributed by atoms with E-state index in [0.29, 0.717) is 12.8 Å². The maximum atomic E-state index is 11.0. The molecule has 2 nitrogen and oxygen atoms in total. The molecule has 2 heteroatoms. The van der Waals surface area contributed by atoms with Gasteiger partial charge in [-0.3, -0.25) is 4.79 Å². The molecule has 1 atom stereocenters. The van der Waals surface area contributed by atoms with Gasteiger partial charge in [-0.2, -0.15) is 0 Å². The molecule has 11 heavy (non-hydrogen) atoms. The van der Waals surface area contributed by atoms with E-state index < -0.39 is 5.60 Å². The molecular weight excluding hydrogens is 140 g/mol. The molecule has 1 aliphatic rings. The highest BCUT2D eigenvalue weighted by atomic mass is 16.3. The van der Waals surface area contributed by atoms with Crippen molar-refractivity contribution >= 4 is 5.78 Å². The van der Waals surface area contributed by atoms with Gasteiger partial charge in [0.05, 0.1) is 5.60 Å². The van der Waals surface area contributed by atoms with Crippen LogP contribution >= 0.6 is 0 Å². The average Bonchev–Trinajstić information content (AvgIpc) is 1.86. The SMILES string of the molecule is CC(C)[C@@]1(O)CCCC(=O)C1. The van der Waals surface area contributed by atoms with Crippen molar-refractivity contribution in [2.75, 3.05) is 0 Å². The summed E-state index contributed by atoms with van der Waals surface area (Å²) in [5.41, 5.74) is -0.699. The standard InChI is InChI=1S/C9H16O2/c1-7(2)9(11)5-3-4-8(10)6-9/h7,11H,3-6H2,1-2H3/t9-/m1/s1. The molecule has 0 unspecified atom stereocenters. The second-order valence-electron chi connectivity index (χ2n) is 3.83. The minimum absolute atomic E-state index is 0.201. The molecule has 0 aromatic rings. The van der Waals surface area contributed by atoms with Crippen molar-refractivity contribution in [1.29, 1.82) is 0 Å². The summed E-state index contributed by atoms with van der Waals surface area (Å²) >= 11 is 0. The molecule has 0 spiro atoms. The third-order valence-electron chi connectivity index (χ3n) is 2.64. The van der Waals surface area contributed by atoms with Crippen LogP contribution in [0.2, 0.25) is 0 Å². The maximum Gasteiger partial charge on any atom is 0.135 e. The van der Waals surface area contributed by atoms with Crippen LogP contribution in [-0.2, 0) is 4.79 Å². The summed E-state index contributed by atoms with van der Waals surface area (Å²) < 4.78 is 0. The summed E-state index contributed by atoms with van der Waals surface area (Å²) in [4.78, 5) is 11.0. The largest absolute Gasteiger partial charge is 0.389 e. The Labute approximate surface area is 67.6 Å². The first kappa shape index (κ1) is 8.72. The van der Waals surface area contributed by atoms with Gasteiger partial charge in [0.25, 0.3) is 0 Å². The van der Waals surface area contributed by atoms with Gasteiger partial charge < -0.3 is 5.11 Å². The van der Waals surface area contributed by atoms with Crippen molar-refractivity contribution in [3.8, 4) is 0 Å². The van der Waals surface area contributed by atoms with Gasteiger partial charge >= 0.3 is 0 Å². The van der Waals surface area contributed by atoms with E-state index in [1.54, 1.807) is 0 Å². The molecule has 1 N–H and O–H groups in total. The summed E-state index contributed by atoms with van der Waals surface area (Å²) in [6.07, 6.45) is 2.67. The average molecular weight is 156 g/mol. The molecule has 0 aliphatic heterocycles. The lowest BCUT2D eigenvalue weighted by Gasteiger charge is -2.34. The van der Waals surface area contributed by atoms with Crippen LogP contribution in [0.25, 0.3) is 0 Å². The topological polar surface area (TPSA) is 37.3 Å². The number of carbonyl (C=O) groups is 1. The first-order chi connectivity index (χ1) is 5.04. The van der Waals surface area contributed by atoms with Gasteiger partial charge in [-0.15, -0.1) is 0 Å². The zero-order valence-electron chi connectivity index (χ0n) is 7.26. The van der Waals surface area contributed by atoms with Gasteiger partial charge in [0.1, 0.15) is 5.78 Å². The molecule has 0 aromatic carbocycles. The summed E-state index contributed by atoms with van der Waals surface area (Å²) in [5, 5.41) is 9.90. The molecule has 0 heterocycles. The summed E-state index contributed by atoms with van der Waals surface area (Å²) in [6, 6.07) is 0. The number of rotatable bonds is 1. The van der Waals surface area contributed by atoms with Crippen LogP contribution in [0, 0.1) is 5.92 Å². The van der Waals surface area contributed by atoms with E-state index >= 15 is 0 Å². The van der Waals surface area contributed by atoms with Crippen LogP contribution in [0.5, 0.6) is 0 Å². The Kier molecular flexibility index (Phi) is 2.33. The minimum Gasteiger partial charge on any atom is -0.389 e. The van der Waals surface area contributed by atoms with Crippen LogP contribution in [0.1, 0.15) is 39.5 Å². The summed E-state index contributed by atoms with van der Waals surface area (Å²) in [5.74, 6) is 0.416. The number of hydrogen-bond acceptors (Lipinski definition) is 2. The lowest BCUT2D eigenvalue weighted by Crippen LogP contribution is -2.40. The molecule has 0 aromatic heterocycles. The lowest BCUT2D eigenvalue weighted by atomic mass is 9.77. The van der Waals surface area contributed by atoms with Crippen molar-refractivity contribution in [1.82, 2.24) is 0 Å². The molecule has 64 valence electrons. The number of ketones is 1. The Morgan fingerprint density at radius 1 is 1.55 bits per heavy atom. The quantitative estimate of drug-likeness (QED) is 0.625. The van der Waals surface area contributed by atoms with E-state index in [-0.39, 0.29) is 11.7 Å². The molecule has 1 fully saturated rings. The van der Waals surface area contributed by atoms with Crippen molar-refractivity contribution in [2.45, 2.75) is 45.1 Å². The Bertz CT molecular complexity index is 163. The fourth-order valence-electron chi connectivity index (χ4n) is 1.60. The Morgan fingerprint density at radius 3 is 2.55 bits per heavy atom. The number of Topliss-reactive ketones (excluding diaryl/α,β-unsaturated/α-hetero) is 1. The van der Waals surface area contributed by atoms with Crippen molar-refractivity contribution in [2.24, 2.45) is 5.92 Å². The monoisotopic (exact) mass is 156 g/mol. The van der Waals surface area contributed by atoms with E-state index in [1.807, 2.05) is 13.8 Å². The van der Waals surface area contributed by atoms with Crippen LogP contribution in [-0.4, -0.2) is 16.5 Å². The predicted octanol–water partition coefficient (Wildman–Crippen LogP) is 1.52.